The Morgan fingerprint density at radius 2 is 1.83 bits per heavy atom. The van der Waals surface area contributed by atoms with Crippen molar-refractivity contribution in [2.75, 3.05) is 31.1 Å². The van der Waals surface area contributed by atoms with Crippen molar-refractivity contribution in [1.29, 1.82) is 0 Å². The topological polar surface area (TPSA) is 23.6 Å². The maximum absolute atomic E-state index is 13.4. The molecule has 0 N–H and O–H groups in total. The van der Waals surface area contributed by atoms with Crippen molar-refractivity contribution < 1.29 is 9.18 Å². The van der Waals surface area contributed by atoms with Crippen LogP contribution in [0.1, 0.15) is 15.9 Å². The Balaban J connectivity index is 1.72. The van der Waals surface area contributed by atoms with Gasteiger partial charge in [-0.25, -0.2) is 4.39 Å². The minimum atomic E-state index is -0.408. The Morgan fingerprint density at radius 1 is 1.12 bits per heavy atom. The average molecular weight is 412 g/mol. The molecule has 1 aliphatic rings. The number of benzene rings is 2. The number of nitrogens with zero attached hydrogens (tertiary/aromatic N) is 2. The van der Waals surface area contributed by atoms with E-state index in [2.05, 4.69) is 20.8 Å². The summed E-state index contributed by atoms with van der Waals surface area (Å²) in [5, 5.41) is 0.706. The Morgan fingerprint density at radius 3 is 2.54 bits per heavy atom. The molecule has 1 heterocycles. The van der Waals surface area contributed by atoms with Gasteiger partial charge in [0, 0.05) is 41.4 Å². The first-order valence-electron chi connectivity index (χ1n) is 7.71. The van der Waals surface area contributed by atoms with E-state index in [-0.39, 0.29) is 5.91 Å². The lowest BCUT2D eigenvalue weighted by molar-refractivity contribution is 0.0745. The molecule has 24 heavy (non-hydrogen) atoms. The fourth-order valence-corrected chi connectivity index (χ4v) is 3.49. The summed E-state index contributed by atoms with van der Waals surface area (Å²) in [7, 11) is 0. The minimum absolute atomic E-state index is 0.149. The quantitative estimate of drug-likeness (QED) is 0.726. The van der Waals surface area contributed by atoms with Crippen LogP contribution < -0.4 is 4.90 Å². The Hall–Kier alpha value is -1.59. The van der Waals surface area contributed by atoms with E-state index < -0.39 is 5.82 Å². The van der Waals surface area contributed by atoms with Crippen LogP contribution in [0.4, 0.5) is 10.1 Å². The van der Waals surface area contributed by atoms with Gasteiger partial charge in [0.1, 0.15) is 5.82 Å². The molecule has 1 saturated heterocycles. The first-order chi connectivity index (χ1) is 11.5. The zero-order valence-corrected chi connectivity index (χ0v) is 15.6. The second-order valence-corrected chi connectivity index (χ2v) is 7.12. The van der Waals surface area contributed by atoms with Crippen LogP contribution in [-0.4, -0.2) is 37.0 Å². The Labute approximate surface area is 154 Å². The highest BCUT2D eigenvalue weighted by Gasteiger charge is 2.24. The number of carbonyl (C=O) groups is 1. The van der Waals surface area contributed by atoms with Gasteiger partial charge in [0.25, 0.3) is 5.91 Å². The summed E-state index contributed by atoms with van der Waals surface area (Å²) >= 11 is 9.42. The molecule has 1 amide bonds. The Bertz CT molecular complexity index is 776. The molecular formula is C18H17BrClFN2O. The summed E-state index contributed by atoms with van der Waals surface area (Å²) in [6.07, 6.45) is 0. The Kier molecular flexibility index (Phi) is 5.11. The van der Waals surface area contributed by atoms with Gasteiger partial charge in [-0.2, -0.15) is 0 Å². The maximum Gasteiger partial charge on any atom is 0.255 e. The van der Waals surface area contributed by atoms with Gasteiger partial charge in [-0.1, -0.05) is 17.7 Å². The van der Waals surface area contributed by atoms with E-state index in [4.69, 9.17) is 11.6 Å². The van der Waals surface area contributed by atoms with Gasteiger partial charge in [-0.15, -0.1) is 0 Å². The summed E-state index contributed by atoms with van der Waals surface area (Å²) in [6, 6.07) is 10.0. The van der Waals surface area contributed by atoms with Gasteiger partial charge in [0.2, 0.25) is 0 Å². The zero-order valence-electron chi connectivity index (χ0n) is 13.2. The van der Waals surface area contributed by atoms with Crippen LogP contribution in [-0.2, 0) is 0 Å². The van der Waals surface area contributed by atoms with E-state index in [0.29, 0.717) is 28.1 Å². The van der Waals surface area contributed by atoms with Gasteiger partial charge in [-0.3, -0.25) is 4.79 Å². The predicted octanol–water partition coefficient (Wildman–Crippen LogP) is 4.51. The van der Waals surface area contributed by atoms with Crippen molar-refractivity contribution >= 4 is 39.1 Å². The molecule has 1 aliphatic heterocycles. The molecule has 0 atom stereocenters. The molecule has 0 aromatic heterocycles. The molecule has 0 bridgehead atoms. The number of amides is 1. The van der Waals surface area contributed by atoms with Gasteiger partial charge in [0.15, 0.2) is 0 Å². The smallest absolute Gasteiger partial charge is 0.255 e. The largest absolute Gasteiger partial charge is 0.368 e. The maximum atomic E-state index is 13.4. The molecule has 0 radical (unpaired) electrons. The van der Waals surface area contributed by atoms with Crippen molar-refractivity contribution in [3.63, 3.8) is 0 Å². The van der Waals surface area contributed by atoms with E-state index in [9.17, 15) is 9.18 Å². The van der Waals surface area contributed by atoms with Crippen molar-refractivity contribution in [1.82, 2.24) is 4.90 Å². The number of hydrogen-bond acceptors (Lipinski definition) is 2. The van der Waals surface area contributed by atoms with Gasteiger partial charge >= 0.3 is 0 Å². The highest BCUT2D eigenvalue weighted by atomic mass is 79.9. The monoisotopic (exact) mass is 410 g/mol. The molecule has 0 saturated carbocycles. The molecule has 126 valence electrons. The lowest BCUT2D eigenvalue weighted by Crippen LogP contribution is -2.49. The van der Waals surface area contributed by atoms with Crippen LogP contribution in [0.5, 0.6) is 0 Å². The molecular weight excluding hydrogens is 395 g/mol. The third-order valence-electron chi connectivity index (χ3n) is 4.24. The fraction of sp³-hybridized carbons (Fsp3) is 0.278. The molecule has 0 unspecified atom stereocenters. The molecule has 2 aromatic carbocycles. The average Bonchev–Trinajstić information content (AvgIpc) is 2.59. The first kappa shape index (κ1) is 17.2. The number of anilines is 1. The predicted molar refractivity (Wildman–Crippen MR) is 98.4 cm³/mol. The summed E-state index contributed by atoms with van der Waals surface area (Å²) in [4.78, 5) is 16.6. The number of hydrogen-bond donors (Lipinski definition) is 0. The van der Waals surface area contributed by atoms with E-state index in [0.717, 1.165) is 24.3 Å². The van der Waals surface area contributed by atoms with Crippen LogP contribution >= 0.6 is 27.5 Å². The molecule has 0 spiro atoms. The third kappa shape index (κ3) is 3.57. The van der Waals surface area contributed by atoms with Gasteiger partial charge in [0.05, 0.1) is 5.56 Å². The number of rotatable bonds is 2. The van der Waals surface area contributed by atoms with Crippen molar-refractivity contribution in [2.24, 2.45) is 0 Å². The summed E-state index contributed by atoms with van der Waals surface area (Å²) in [6.45, 7) is 4.67. The van der Waals surface area contributed by atoms with Crippen molar-refractivity contribution in [3.05, 3.63) is 62.8 Å². The van der Waals surface area contributed by atoms with Crippen LogP contribution in [0.25, 0.3) is 0 Å². The van der Waals surface area contributed by atoms with Crippen molar-refractivity contribution in [3.8, 4) is 0 Å². The van der Waals surface area contributed by atoms with Gasteiger partial charge < -0.3 is 9.80 Å². The molecule has 3 rings (SSSR count). The molecule has 0 aliphatic carbocycles. The zero-order chi connectivity index (χ0) is 17.3. The highest BCUT2D eigenvalue weighted by molar-refractivity contribution is 9.10. The van der Waals surface area contributed by atoms with Crippen LogP contribution in [0.15, 0.2) is 40.9 Å². The summed E-state index contributed by atoms with van der Waals surface area (Å²) < 4.78 is 14.0. The lowest BCUT2D eigenvalue weighted by Gasteiger charge is -2.37. The van der Waals surface area contributed by atoms with E-state index >= 15 is 0 Å². The molecule has 6 heteroatoms. The van der Waals surface area contributed by atoms with E-state index in [1.54, 1.807) is 11.0 Å². The second-order valence-electron chi connectivity index (χ2n) is 5.83. The van der Waals surface area contributed by atoms with Crippen LogP contribution in [0.3, 0.4) is 0 Å². The van der Waals surface area contributed by atoms with E-state index in [1.165, 1.54) is 12.1 Å². The van der Waals surface area contributed by atoms with Crippen LogP contribution in [0, 0.1) is 12.7 Å². The summed E-state index contributed by atoms with van der Waals surface area (Å²) in [5.41, 5.74) is 2.62. The molecule has 2 aromatic rings. The number of aryl methyl sites for hydroxylation is 1. The standard InChI is InChI=1S/C18H17BrClFN2O/c1-12-2-3-13(20)10-17(12)22-6-8-23(9-7-22)18(24)15-11-14(21)4-5-16(15)19/h2-5,10-11H,6-9H2,1H3. The minimum Gasteiger partial charge on any atom is -0.368 e. The number of piperazine rings is 1. The molecule has 3 nitrogen and oxygen atoms in total. The first-order valence-corrected chi connectivity index (χ1v) is 8.88. The SMILES string of the molecule is Cc1ccc(Cl)cc1N1CCN(C(=O)c2cc(F)ccc2Br)CC1. The highest BCUT2D eigenvalue weighted by Crippen LogP contribution is 2.26. The third-order valence-corrected chi connectivity index (χ3v) is 5.16. The molecule has 1 fully saturated rings. The van der Waals surface area contributed by atoms with Crippen molar-refractivity contribution in [2.45, 2.75) is 6.92 Å². The van der Waals surface area contributed by atoms with E-state index in [1.807, 2.05) is 25.1 Å². The number of carbonyl (C=O) groups excluding carboxylic acids is 1. The second kappa shape index (κ2) is 7.11. The fourth-order valence-electron chi connectivity index (χ4n) is 2.91. The van der Waals surface area contributed by atoms with Gasteiger partial charge in [-0.05, 0) is 58.7 Å². The lowest BCUT2D eigenvalue weighted by atomic mass is 10.1. The summed E-state index contributed by atoms with van der Waals surface area (Å²) in [5.74, 6) is -0.557. The number of halogens is 3. The normalized spacial score (nSPS) is 14.8. The van der Waals surface area contributed by atoms with Crippen LogP contribution in [0.2, 0.25) is 5.02 Å².